The van der Waals surface area contributed by atoms with Crippen molar-refractivity contribution >= 4 is 41.2 Å². The van der Waals surface area contributed by atoms with Crippen LogP contribution in [0.4, 0.5) is 0 Å². The predicted molar refractivity (Wildman–Crippen MR) is 86.8 cm³/mol. The van der Waals surface area contributed by atoms with E-state index in [4.69, 9.17) is 32.7 Å². The van der Waals surface area contributed by atoms with Gasteiger partial charge in [0.2, 0.25) is 0 Å². The Morgan fingerprint density at radius 3 is 2.39 bits per heavy atom. The Balaban J connectivity index is 2.16. The maximum Gasteiger partial charge on any atom is 0.330 e. The van der Waals surface area contributed by atoms with Crippen LogP contribution in [-0.2, 0) is 14.3 Å². The van der Waals surface area contributed by atoms with Crippen molar-refractivity contribution in [3.05, 3.63) is 29.8 Å². The van der Waals surface area contributed by atoms with Gasteiger partial charge in [-0.15, -0.1) is 23.2 Å². The van der Waals surface area contributed by atoms with Gasteiger partial charge in [-0.05, 0) is 30.7 Å². The molecule has 0 amide bonds. The molecule has 0 aliphatic heterocycles. The number of hydrogen-bond acceptors (Lipinski definition) is 5. The van der Waals surface area contributed by atoms with Crippen molar-refractivity contribution in [2.45, 2.75) is 17.7 Å². The first-order chi connectivity index (χ1) is 10.7. The number of carbonyl (C=O) groups excluding carboxylic acids is 2. The standard InChI is InChI=1S/C16H16Cl2O5/c1-15(9-16(15,17)18)14(20)23-11-6-4-10(8-12(11)21-2)5-7-13(19)22-3/h4-8H,9H2,1-3H3/b7-5+. The average Bonchev–Trinajstić information content (AvgIpc) is 3.05. The van der Waals surface area contributed by atoms with E-state index in [9.17, 15) is 9.59 Å². The molecule has 2 rings (SSSR count). The lowest BCUT2D eigenvalue weighted by Crippen LogP contribution is -2.24. The van der Waals surface area contributed by atoms with Crippen molar-refractivity contribution in [2.75, 3.05) is 14.2 Å². The molecule has 0 aromatic heterocycles. The summed E-state index contributed by atoms with van der Waals surface area (Å²) in [5.41, 5.74) is -0.237. The smallest absolute Gasteiger partial charge is 0.330 e. The Morgan fingerprint density at radius 1 is 1.22 bits per heavy atom. The molecule has 7 heteroatoms. The van der Waals surface area contributed by atoms with Gasteiger partial charge >= 0.3 is 11.9 Å². The fourth-order valence-corrected chi connectivity index (χ4v) is 2.63. The average molecular weight is 359 g/mol. The van der Waals surface area contributed by atoms with Crippen molar-refractivity contribution in [2.24, 2.45) is 5.41 Å². The van der Waals surface area contributed by atoms with E-state index in [1.807, 2.05) is 0 Å². The minimum absolute atomic E-state index is 0.255. The van der Waals surface area contributed by atoms with Crippen molar-refractivity contribution in [1.82, 2.24) is 0 Å². The molecule has 5 nitrogen and oxygen atoms in total. The number of rotatable bonds is 5. The summed E-state index contributed by atoms with van der Waals surface area (Å²) in [7, 11) is 2.74. The van der Waals surface area contributed by atoms with Gasteiger partial charge in [-0.25, -0.2) is 4.79 Å². The van der Waals surface area contributed by atoms with E-state index in [0.717, 1.165) is 0 Å². The van der Waals surface area contributed by atoms with Crippen LogP contribution in [0.5, 0.6) is 11.5 Å². The molecule has 1 aliphatic carbocycles. The van der Waals surface area contributed by atoms with Crippen molar-refractivity contribution in [1.29, 1.82) is 0 Å². The molecule has 0 N–H and O–H groups in total. The van der Waals surface area contributed by atoms with E-state index in [1.165, 1.54) is 20.3 Å². The van der Waals surface area contributed by atoms with Crippen LogP contribution in [0, 0.1) is 5.41 Å². The summed E-state index contributed by atoms with van der Waals surface area (Å²) >= 11 is 11.9. The van der Waals surface area contributed by atoms with Crippen LogP contribution in [0.1, 0.15) is 18.9 Å². The second kappa shape index (κ2) is 6.42. The number of benzene rings is 1. The van der Waals surface area contributed by atoms with E-state index >= 15 is 0 Å². The van der Waals surface area contributed by atoms with Crippen molar-refractivity contribution in [3.63, 3.8) is 0 Å². The molecule has 0 spiro atoms. The lowest BCUT2D eigenvalue weighted by molar-refractivity contribution is -0.140. The van der Waals surface area contributed by atoms with Gasteiger partial charge in [0, 0.05) is 12.5 Å². The van der Waals surface area contributed by atoms with E-state index in [1.54, 1.807) is 31.2 Å². The van der Waals surface area contributed by atoms with Gasteiger partial charge < -0.3 is 14.2 Å². The summed E-state index contributed by atoms with van der Waals surface area (Å²) in [5, 5.41) is 0. The van der Waals surface area contributed by atoms with Gasteiger partial charge in [-0.1, -0.05) is 6.07 Å². The number of ether oxygens (including phenoxy) is 3. The molecule has 0 heterocycles. The normalized spacial score (nSPS) is 21.8. The second-order valence-electron chi connectivity index (χ2n) is 5.37. The summed E-state index contributed by atoms with van der Waals surface area (Å²) in [6, 6.07) is 4.88. The first-order valence-electron chi connectivity index (χ1n) is 6.78. The summed E-state index contributed by atoms with van der Waals surface area (Å²) in [4.78, 5) is 23.3. The first kappa shape index (κ1) is 17.6. The molecule has 1 aromatic rings. The number of hydrogen-bond donors (Lipinski definition) is 0. The molecule has 124 valence electrons. The number of halogens is 2. The maximum atomic E-state index is 12.2. The molecule has 1 saturated carbocycles. The van der Waals surface area contributed by atoms with Crippen molar-refractivity contribution in [3.8, 4) is 11.5 Å². The third-order valence-corrected chi connectivity index (χ3v) is 4.81. The fraction of sp³-hybridized carbons (Fsp3) is 0.375. The molecule has 0 bridgehead atoms. The quantitative estimate of drug-likeness (QED) is 0.349. The van der Waals surface area contributed by atoms with Gasteiger partial charge in [0.15, 0.2) is 11.5 Å². The largest absolute Gasteiger partial charge is 0.493 e. The number of alkyl halides is 2. The Labute approximate surface area is 144 Å². The molecule has 1 atom stereocenters. The molecule has 0 radical (unpaired) electrons. The Morgan fingerprint density at radius 2 is 1.87 bits per heavy atom. The summed E-state index contributed by atoms with van der Waals surface area (Å²) < 4.78 is 14.0. The molecule has 1 fully saturated rings. The van der Waals surface area contributed by atoms with Crippen LogP contribution in [0.15, 0.2) is 24.3 Å². The third-order valence-electron chi connectivity index (χ3n) is 3.71. The van der Waals surface area contributed by atoms with Crippen LogP contribution < -0.4 is 9.47 Å². The Bertz CT molecular complexity index is 668. The zero-order valence-electron chi connectivity index (χ0n) is 12.9. The lowest BCUT2D eigenvalue weighted by atomic mass is 10.1. The van der Waals surface area contributed by atoms with Crippen LogP contribution in [-0.4, -0.2) is 30.5 Å². The van der Waals surface area contributed by atoms with Gasteiger partial charge in [-0.3, -0.25) is 4.79 Å². The van der Waals surface area contributed by atoms with E-state index in [-0.39, 0.29) is 5.75 Å². The molecular weight excluding hydrogens is 343 g/mol. The monoisotopic (exact) mass is 358 g/mol. The predicted octanol–water partition coefficient (Wildman–Crippen LogP) is 3.37. The van der Waals surface area contributed by atoms with Gasteiger partial charge in [0.05, 0.1) is 14.2 Å². The van der Waals surface area contributed by atoms with Crippen molar-refractivity contribution < 1.29 is 23.8 Å². The van der Waals surface area contributed by atoms with Crippen LogP contribution >= 0.6 is 23.2 Å². The minimum atomic E-state index is -1.10. The molecule has 1 aromatic carbocycles. The maximum absolute atomic E-state index is 12.2. The summed E-state index contributed by atoms with van der Waals surface area (Å²) in [6.45, 7) is 1.65. The first-order valence-corrected chi connectivity index (χ1v) is 7.53. The molecule has 1 aliphatic rings. The van der Waals surface area contributed by atoms with E-state index < -0.39 is 21.7 Å². The highest BCUT2D eigenvalue weighted by molar-refractivity contribution is 6.53. The molecule has 23 heavy (non-hydrogen) atoms. The Kier molecular flexibility index (Phi) is 4.92. The highest BCUT2D eigenvalue weighted by Gasteiger charge is 2.69. The van der Waals surface area contributed by atoms with Gasteiger partial charge in [-0.2, -0.15) is 0 Å². The molecular formula is C16H16Cl2O5. The minimum Gasteiger partial charge on any atom is -0.493 e. The summed E-state index contributed by atoms with van der Waals surface area (Å²) in [5.74, 6) is -0.380. The van der Waals surface area contributed by atoms with E-state index in [2.05, 4.69) is 4.74 Å². The van der Waals surface area contributed by atoms with Gasteiger partial charge in [0.1, 0.15) is 9.75 Å². The molecule has 0 saturated heterocycles. The lowest BCUT2D eigenvalue weighted by Gasteiger charge is -2.14. The Hall–Kier alpha value is -1.72. The number of carbonyl (C=O) groups is 2. The zero-order valence-corrected chi connectivity index (χ0v) is 14.4. The van der Waals surface area contributed by atoms with Gasteiger partial charge in [0.25, 0.3) is 0 Å². The molecule has 1 unspecified atom stereocenters. The second-order valence-corrected chi connectivity index (χ2v) is 6.85. The fourth-order valence-electron chi connectivity index (χ4n) is 1.94. The highest BCUT2D eigenvalue weighted by atomic mass is 35.5. The highest BCUT2D eigenvalue weighted by Crippen LogP contribution is 2.64. The number of methoxy groups -OCH3 is 2. The summed E-state index contributed by atoms with van der Waals surface area (Å²) in [6.07, 6.45) is 3.18. The number of esters is 2. The zero-order chi connectivity index (χ0) is 17.3. The van der Waals surface area contributed by atoms with Crippen LogP contribution in [0.25, 0.3) is 6.08 Å². The SMILES string of the molecule is COC(=O)/C=C/c1ccc(OC(=O)C2(C)CC2(Cl)Cl)c(OC)c1. The topological polar surface area (TPSA) is 61.8 Å². The third kappa shape index (κ3) is 3.62. The van der Waals surface area contributed by atoms with E-state index in [0.29, 0.717) is 17.7 Å². The van der Waals surface area contributed by atoms with Crippen LogP contribution in [0.2, 0.25) is 0 Å². The van der Waals surface area contributed by atoms with Crippen LogP contribution in [0.3, 0.4) is 0 Å².